The summed E-state index contributed by atoms with van der Waals surface area (Å²) in [5.41, 5.74) is 6.16. The second kappa shape index (κ2) is 5.56. The fourth-order valence-electron chi connectivity index (χ4n) is 3.51. The summed E-state index contributed by atoms with van der Waals surface area (Å²) in [6.45, 7) is 8.28. The van der Waals surface area contributed by atoms with Gasteiger partial charge in [-0.1, -0.05) is 6.07 Å². The molecule has 4 rings (SSSR count). The van der Waals surface area contributed by atoms with E-state index in [-0.39, 0.29) is 5.56 Å². The zero-order chi connectivity index (χ0) is 16.8. The molecule has 0 fully saturated rings. The summed E-state index contributed by atoms with van der Waals surface area (Å²) in [6.07, 6.45) is 2.88. The quantitative estimate of drug-likeness (QED) is 0.782. The molecule has 1 aliphatic rings. The Labute approximate surface area is 140 Å². The van der Waals surface area contributed by atoms with E-state index in [1.807, 2.05) is 6.92 Å². The van der Waals surface area contributed by atoms with E-state index in [1.54, 1.807) is 0 Å². The van der Waals surface area contributed by atoms with Crippen LogP contribution in [0.3, 0.4) is 0 Å². The van der Waals surface area contributed by atoms with Crippen LogP contribution in [0, 0.1) is 20.8 Å². The van der Waals surface area contributed by atoms with Gasteiger partial charge in [0.2, 0.25) is 0 Å². The van der Waals surface area contributed by atoms with Gasteiger partial charge in [-0.2, -0.15) is 0 Å². The Morgan fingerprint density at radius 1 is 1.25 bits per heavy atom. The van der Waals surface area contributed by atoms with E-state index in [4.69, 9.17) is 4.98 Å². The lowest BCUT2D eigenvalue weighted by molar-refractivity contribution is 0.237. The number of nitrogens with one attached hydrogen (secondary N) is 1. The van der Waals surface area contributed by atoms with Crippen molar-refractivity contribution in [3.05, 3.63) is 62.7 Å². The SMILES string of the molecule is Cc1nc2c(c(=O)[nH]1)CN(Cc1c(C)nc3c(C)cccn13)CC2. The summed E-state index contributed by atoms with van der Waals surface area (Å²) in [5, 5.41) is 0. The summed E-state index contributed by atoms with van der Waals surface area (Å²) in [6, 6.07) is 4.13. The minimum atomic E-state index is -0.00657. The summed E-state index contributed by atoms with van der Waals surface area (Å²) < 4.78 is 2.16. The van der Waals surface area contributed by atoms with Gasteiger partial charge < -0.3 is 9.38 Å². The van der Waals surface area contributed by atoms with E-state index in [0.29, 0.717) is 12.4 Å². The van der Waals surface area contributed by atoms with Crippen molar-refractivity contribution in [2.75, 3.05) is 6.54 Å². The second-order valence-electron chi connectivity index (χ2n) is 6.57. The highest BCUT2D eigenvalue weighted by molar-refractivity contribution is 5.50. The highest BCUT2D eigenvalue weighted by Gasteiger charge is 2.22. The minimum Gasteiger partial charge on any atom is -0.310 e. The molecule has 0 saturated heterocycles. The van der Waals surface area contributed by atoms with Crippen molar-refractivity contribution in [3.63, 3.8) is 0 Å². The van der Waals surface area contributed by atoms with Crippen molar-refractivity contribution in [1.82, 2.24) is 24.3 Å². The van der Waals surface area contributed by atoms with Crippen LogP contribution in [-0.2, 0) is 19.5 Å². The number of fused-ring (bicyclic) bond motifs is 2. The van der Waals surface area contributed by atoms with Crippen LogP contribution in [0.2, 0.25) is 0 Å². The number of pyridine rings is 1. The van der Waals surface area contributed by atoms with Crippen LogP contribution in [0.4, 0.5) is 0 Å². The molecule has 0 amide bonds. The molecule has 4 heterocycles. The normalized spacial score (nSPS) is 15.0. The van der Waals surface area contributed by atoms with Gasteiger partial charge in [0, 0.05) is 32.3 Å². The molecule has 24 heavy (non-hydrogen) atoms. The minimum absolute atomic E-state index is 0.00657. The van der Waals surface area contributed by atoms with Gasteiger partial charge in [-0.15, -0.1) is 0 Å². The van der Waals surface area contributed by atoms with E-state index in [9.17, 15) is 4.79 Å². The average Bonchev–Trinajstić information content (AvgIpc) is 2.86. The van der Waals surface area contributed by atoms with Crippen molar-refractivity contribution >= 4 is 5.65 Å². The van der Waals surface area contributed by atoms with E-state index < -0.39 is 0 Å². The van der Waals surface area contributed by atoms with Gasteiger partial charge in [0.25, 0.3) is 5.56 Å². The Kier molecular flexibility index (Phi) is 3.49. The molecule has 0 unspecified atom stereocenters. The third kappa shape index (κ3) is 2.43. The number of imidazole rings is 1. The molecule has 124 valence electrons. The number of H-pyrrole nitrogens is 1. The number of aromatic amines is 1. The van der Waals surface area contributed by atoms with Gasteiger partial charge in [0.1, 0.15) is 11.5 Å². The van der Waals surface area contributed by atoms with Crippen molar-refractivity contribution < 1.29 is 0 Å². The first-order chi connectivity index (χ1) is 11.5. The summed E-state index contributed by atoms with van der Waals surface area (Å²) in [4.78, 5) is 26.5. The van der Waals surface area contributed by atoms with Crippen LogP contribution in [0.5, 0.6) is 0 Å². The number of aromatic nitrogens is 4. The summed E-state index contributed by atoms with van der Waals surface area (Å²) in [7, 11) is 0. The lowest BCUT2D eigenvalue weighted by Crippen LogP contribution is -2.36. The van der Waals surface area contributed by atoms with Crippen LogP contribution in [0.1, 0.15) is 34.0 Å². The Morgan fingerprint density at radius 3 is 2.92 bits per heavy atom. The smallest absolute Gasteiger partial charge is 0.255 e. The van der Waals surface area contributed by atoms with Gasteiger partial charge >= 0.3 is 0 Å². The monoisotopic (exact) mass is 323 g/mol. The van der Waals surface area contributed by atoms with Crippen molar-refractivity contribution in [2.24, 2.45) is 0 Å². The third-order valence-electron chi connectivity index (χ3n) is 4.78. The molecule has 1 aliphatic heterocycles. The van der Waals surface area contributed by atoms with E-state index in [1.165, 1.54) is 11.3 Å². The van der Waals surface area contributed by atoms with E-state index >= 15 is 0 Å². The van der Waals surface area contributed by atoms with Gasteiger partial charge in [-0.25, -0.2) is 9.97 Å². The Morgan fingerprint density at radius 2 is 2.08 bits per heavy atom. The standard InChI is InChI=1S/C18H21N5O/c1-11-5-4-7-23-16(12(2)19-17(11)23)10-22-8-6-15-14(9-22)18(24)21-13(3)20-15/h4-5,7H,6,8-10H2,1-3H3,(H,20,21,24). The highest BCUT2D eigenvalue weighted by atomic mass is 16.1. The number of hydrogen-bond acceptors (Lipinski definition) is 4. The lowest BCUT2D eigenvalue weighted by Gasteiger charge is -2.27. The predicted molar refractivity (Wildman–Crippen MR) is 92.1 cm³/mol. The molecule has 0 bridgehead atoms. The maximum atomic E-state index is 12.2. The molecule has 0 radical (unpaired) electrons. The molecule has 0 atom stereocenters. The molecular formula is C18H21N5O. The molecule has 0 saturated carbocycles. The zero-order valence-corrected chi connectivity index (χ0v) is 14.3. The fraction of sp³-hybridized carbons (Fsp3) is 0.389. The first kappa shape index (κ1) is 15.1. The molecule has 0 aromatic carbocycles. The number of rotatable bonds is 2. The van der Waals surface area contributed by atoms with Gasteiger partial charge in [0.15, 0.2) is 0 Å². The average molecular weight is 323 g/mol. The van der Waals surface area contributed by atoms with Gasteiger partial charge in [0.05, 0.1) is 22.6 Å². The molecular weight excluding hydrogens is 302 g/mol. The largest absolute Gasteiger partial charge is 0.310 e. The molecule has 0 spiro atoms. The Bertz CT molecular complexity index is 985. The molecule has 3 aromatic heterocycles. The molecule has 0 aliphatic carbocycles. The van der Waals surface area contributed by atoms with E-state index in [0.717, 1.165) is 42.1 Å². The number of hydrogen-bond donors (Lipinski definition) is 1. The maximum absolute atomic E-state index is 12.2. The summed E-state index contributed by atoms with van der Waals surface area (Å²) in [5.74, 6) is 0.695. The van der Waals surface area contributed by atoms with Crippen LogP contribution in [-0.4, -0.2) is 30.8 Å². The predicted octanol–water partition coefficient (Wildman–Crippen LogP) is 1.90. The number of nitrogens with zero attached hydrogens (tertiary/aromatic N) is 4. The van der Waals surface area contributed by atoms with Crippen LogP contribution in [0.25, 0.3) is 5.65 Å². The topological polar surface area (TPSA) is 66.3 Å². The molecule has 6 nitrogen and oxygen atoms in total. The maximum Gasteiger partial charge on any atom is 0.255 e. The Balaban J connectivity index is 1.67. The van der Waals surface area contributed by atoms with Crippen LogP contribution < -0.4 is 5.56 Å². The molecule has 3 aromatic rings. The Hall–Kier alpha value is -2.47. The van der Waals surface area contributed by atoms with Crippen molar-refractivity contribution in [3.8, 4) is 0 Å². The molecule has 1 N–H and O–H groups in total. The highest BCUT2D eigenvalue weighted by Crippen LogP contribution is 2.20. The number of aryl methyl sites for hydroxylation is 3. The summed E-state index contributed by atoms with van der Waals surface area (Å²) >= 11 is 0. The first-order valence-corrected chi connectivity index (χ1v) is 8.27. The van der Waals surface area contributed by atoms with Crippen molar-refractivity contribution in [2.45, 2.75) is 40.3 Å². The third-order valence-corrected chi connectivity index (χ3v) is 4.78. The fourth-order valence-corrected chi connectivity index (χ4v) is 3.51. The van der Waals surface area contributed by atoms with Crippen molar-refractivity contribution in [1.29, 1.82) is 0 Å². The van der Waals surface area contributed by atoms with Gasteiger partial charge in [-0.3, -0.25) is 9.69 Å². The van der Waals surface area contributed by atoms with E-state index in [2.05, 4.69) is 51.4 Å². The van der Waals surface area contributed by atoms with Crippen LogP contribution >= 0.6 is 0 Å². The second-order valence-corrected chi connectivity index (χ2v) is 6.57. The zero-order valence-electron chi connectivity index (χ0n) is 14.3. The van der Waals surface area contributed by atoms with Crippen LogP contribution in [0.15, 0.2) is 23.1 Å². The first-order valence-electron chi connectivity index (χ1n) is 8.27. The lowest BCUT2D eigenvalue weighted by atomic mass is 10.1. The van der Waals surface area contributed by atoms with Gasteiger partial charge in [-0.05, 0) is 32.4 Å². The molecule has 6 heteroatoms.